The molecule has 0 aliphatic carbocycles. The molecule has 1 saturated heterocycles. The fourth-order valence-electron chi connectivity index (χ4n) is 2.82. The molecule has 0 saturated carbocycles. The van der Waals surface area contributed by atoms with Crippen molar-refractivity contribution in [2.24, 2.45) is 17.4 Å². The van der Waals surface area contributed by atoms with Gasteiger partial charge in [-0.05, 0) is 50.3 Å². The average Bonchev–Trinajstić information content (AvgIpc) is 2.38. The molecule has 1 aromatic heterocycles. The van der Waals surface area contributed by atoms with Crippen LogP contribution in [0, 0.1) is 12.8 Å². The number of nitrogens with two attached hydrogens (primary N) is 2. The summed E-state index contributed by atoms with van der Waals surface area (Å²) in [5.74, 6) is 0.914. The van der Waals surface area contributed by atoms with E-state index in [-0.39, 0.29) is 0 Å². The molecule has 0 spiro atoms. The Morgan fingerprint density at radius 1 is 1.58 bits per heavy atom. The van der Waals surface area contributed by atoms with E-state index in [1.165, 1.54) is 6.42 Å². The molecule has 1 aliphatic heterocycles. The van der Waals surface area contributed by atoms with Crippen LogP contribution in [0.1, 0.15) is 35.2 Å². The van der Waals surface area contributed by atoms with Crippen LogP contribution in [0.4, 0.5) is 5.82 Å². The summed E-state index contributed by atoms with van der Waals surface area (Å²) in [5.41, 5.74) is 12.6. The van der Waals surface area contributed by atoms with Gasteiger partial charge in [0.25, 0.3) is 5.91 Å². The Hall–Kier alpha value is -1.62. The van der Waals surface area contributed by atoms with Crippen LogP contribution in [-0.2, 0) is 0 Å². The van der Waals surface area contributed by atoms with Crippen LogP contribution >= 0.6 is 0 Å². The van der Waals surface area contributed by atoms with Crippen LogP contribution in [0.15, 0.2) is 12.3 Å². The normalized spacial score (nSPS) is 19.5. The second kappa shape index (κ2) is 6.02. The number of piperidine rings is 1. The number of carbonyl (C=O) groups is 1. The second-order valence-corrected chi connectivity index (χ2v) is 5.22. The van der Waals surface area contributed by atoms with Gasteiger partial charge in [-0.3, -0.25) is 4.79 Å². The lowest BCUT2D eigenvalue weighted by Gasteiger charge is -2.34. The van der Waals surface area contributed by atoms with Gasteiger partial charge in [-0.15, -0.1) is 0 Å². The maximum absolute atomic E-state index is 11.6. The third-order valence-corrected chi connectivity index (χ3v) is 3.78. The van der Waals surface area contributed by atoms with Gasteiger partial charge in [0.1, 0.15) is 5.82 Å². The zero-order valence-electron chi connectivity index (χ0n) is 11.4. The van der Waals surface area contributed by atoms with E-state index in [0.717, 1.165) is 37.3 Å². The van der Waals surface area contributed by atoms with Gasteiger partial charge in [0, 0.05) is 19.3 Å². The van der Waals surface area contributed by atoms with Gasteiger partial charge < -0.3 is 16.4 Å². The predicted molar refractivity (Wildman–Crippen MR) is 76.1 cm³/mol. The highest BCUT2D eigenvalue weighted by atomic mass is 16.1. The molecule has 1 fully saturated rings. The summed E-state index contributed by atoms with van der Waals surface area (Å²) in [6.07, 6.45) is 5.07. The molecular formula is C14H22N4O. The SMILES string of the molecule is Cc1ccnc(N2CCCC(CCN)C2)c1C(N)=O. The van der Waals surface area contributed by atoms with Crippen molar-refractivity contribution in [3.05, 3.63) is 23.4 Å². The Morgan fingerprint density at radius 3 is 3.05 bits per heavy atom. The lowest BCUT2D eigenvalue weighted by molar-refractivity contribution is 0.0999. The lowest BCUT2D eigenvalue weighted by Crippen LogP contribution is -2.38. The van der Waals surface area contributed by atoms with Crippen molar-refractivity contribution >= 4 is 11.7 Å². The lowest BCUT2D eigenvalue weighted by atomic mass is 9.94. The summed E-state index contributed by atoms with van der Waals surface area (Å²) >= 11 is 0. The quantitative estimate of drug-likeness (QED) is 0.849. The van der Waals surface area contributed by atoms with Crippen LogP contribution < -0.4 is 16.4 Å². The van der Waals surface area contributed by atoms with Crippen molar-refractivity contribution < 1.29 is 4.79 Å². The highest BCUT2D eigenvalue weighted by molar-refractivity contribution is 5.99. The number of carbonyl (C=O) groups excluding carboxylic acids is 1. The second-order valence-electron chi connectivity index (χ2n) is 5.22. The van der Waals surface area contributed by atoms with E-state index in [4.69, 9.17) is 11.5 Å². The molecule has 2 heterocycles. The van der Waals surface area contributed by atoms with Crippen LogP contribution in [0.25, 0.3) is 0 Å². The molecule has 1 unspecified atom stereocenters. The fraction of sp³-hybridized carbons (Fsp3) is 0.571. The maximum atomic E-state index is 11.6. The van der Waals surface area contributed by atoms with Crippen molar-refractivity contribution in [2.75, 3.05) is 24.5 Å². The van der Waals surface area contributed by atoms with E-state index in [2.05, 4.69) is 9.88 Å². The Balaban J connectivity index is 2.26. The van der Waals surface area contributed by atoms with Gasteiger partial charge in [0.05, 0.1) is 5.56 Å². The highest BCUT2D eigenvalue weighted by Gasteiger charge is 2.24. The minimum atomic E-state index is -0.401. The summed E-state index contributed by atoms with van der Waals surface area (Å²) < 4.78 is 0. The minimum absolute atomic E-state index is 0.401. The molecule has 1 atom stereocenters. The van der Waals surface area contributed by atoms with Crippen LogP contribution in [0.3, 0.4) is 0 Å². The number of pyridine rings is 1. The van der Waals surface area contributed by atoms with E-state index in [9.17, 15) is 4.79 Å². The standard InChI is InChI=1S/C14H22N4O/c1-10-5-7-17-14(12(10)13(16)19)18-8-2-3-11(9-18)4-6-15/h5,7,11H,2-4,6,8-9,15H2,1H3,(H2,16,19). The minimum Gasteiger partial charge on any atom is -0.365 e. The molecule has 1 aliphatic rings. The topological polar surface area (TPSA) is 85.2 Å². The van der Waals surface area contributed by atoms with E-state index in [1.807, 2.05) is 13.0 Å². The van der Waals surface area contributed by atoms with Gasteiger partial charge in [-0.25, -0.2) is 4.98 Å². The number of aryl methyl sites for hydroxylation is 1. The molecule has 4 N–H and O–H groups in total. The van der Waals surface area contributed by atoms with Crippen LogP contribution in [0.2, 0.25) is 0 Å². The first-order valence-corrected chi connectivity index (χ1v) is 6.84. The largest absolute Gasteiger partial charge is 0.365 e. The molecule has 0 aromatic carbocycles. The number of amides is 1. The Labute approximate surface area is 114 Å². The first-order valence-electron chi connectivity index (χ1n) is 6.84. The maximum Gasteiger partial charge on any atom is 0.252 e. The molecular weight excluding hydrogens is 240 g/mol. The van der Waals surface area contributed by atoms with Crippen molar-refractivity contribution in [3.63, 3.8) is 0 Å². The summed E-state index contributed by atoms with van der Waals surface area (Å²) in [7, 11) is 0. The van der Waals surface area contributed by atoms with Gasteiger partial charge >= 0.3 is 0 Å². The predicted octanol–water partition coefficient (Wildman–Crippen LogP) is 1.05. The fourth-order valence-corrected chi connectivity index (χ4v) is 2.82. The van der Waals surface area contributed by atoms with E-state index in [0.29, 0.717) is 18.0 Å². The molecule has 1 amide bonds. The molecule has 5 heteroatoms. The van der Waals surface area contributed by atoms with Crippen LogP contribution in [0.5, 0.6) is 0 Å². The van der Waals surface area contributed by atoms with Gasteiger partial charge in [0.15, 0.2) is 0 Å². The number of nitrogens with zero attached hydrogens (tertiary/aromatic N) is 2. The molecule has 2 rings (SSSR count). The molecule has 5 nitrogen and oxygen atoms in total. The first kappa shape index (κ1) is 13.8. The van der Waals surface area contributed by atoms with Crippen molar-refractivity contribution in [2.45, 2.75) is 26.2 Å². The number of anilines is 1. The number of aromatic nitrogens is 1. The smallest absolute Gasteiger partial charge is 0.252 e. The Bertz CT molecular complexity index is 459. The number of primary amides is 1. The Morgan fingerprint density at radius 2 is 2.37 bits per heavy atom. The summed E-state index contributed by atoms with van der Waals surface area (Å²) in [6, 6.07) is 1.82. The monoisotopic (exact) mass is 262 g/mol. The zero-order chi connectivity index (χ0) is 13.8. The van der Waals surface area contributed by atoms with E-state index in [1.54, 1.807) is 6.20 Å². The molecule has 0 bridgehead atoms. The molecule has 1 aromatic rings. The highest BCUT2D eigenvalue weighted by Crippen LogP contribution is 2.27. The summed E-state index contributed by atoms with van der Waals surface area (Å²) in [6.45, 7) is 4.45. The van der Waals surface area contributed by atoms with Gasteiger partial charge in [0.2, 0.25) is 0 Å². The number of hydrogen-bond acceptors (Lipinski definition) is 4. The number of rotatable bonds is 4. The van der Waals surface area contributed by atoms with E-state index >= 15 is 0 Å². The molecule has 0 radical (unpaired) electrons. The van der Waals surface area contributed by atoms with Crippen LogP contribution in [-0.4, -0.2) is 30.5 Å². The van der Waals surface area contributed by atoms with E-state index < -0.39 is 5.91 Å². The third-order valence-electron chi connectivity index (χ3n) is 3.78. The van der Waals surface area contributed by atoms with Gasteiger partial charge in [-0.2, -0.15) is 0 Å². The third kappa shape index (κ3) is 3.04. The van der Waals surface area contributed by atoms with Gasteiger partial charge in [-0.1, -0.05) is 0 Å². The van der Waals surface area contributed by atoms with Crippen molar-refractivity contribution in [1.82, 2.24) is 4.98 Å². The molecule has 104 valence electrons. The average molecular weight is 262 g/mol. The summed E-state index contributed by atoms with van der Waals surface area (Å²) in [5, 5.41) is 0. The zero-order valence-corrected chi connectivity index (χ0v) is 11.4. The van der Waals surface area contributed by atoms with Crippen molar-refractivity contribution in [3.8, 4) is 0 Å². The first-order chi connectivity index (χ1) is 9.13. The molecule has 19 heavy (non-hydrogen) atoms. The summed E-state index contributed by atoms with van der Waals surface area (Å²) in [4.78, 5) is 18.2. The Kier molecular flexibility index (Phi) is 4.37. The van der Waals surface area contributed by atoms with Crippen molar-refractivity contribution in [1.29, 1.82) is 0 Å². The number of hydrogen-bond donors (Lipinski definition) is 2.